The number of halogens is 4. The van der Waals surface area contributed by atoms with Gasteiger partial charge in [0.25, 0.3) is 11.6 Å². The molecule has 0 unspecified atom stereocenters. The Morgan fingerprint density at radius 3 is 2.51 bits per heavy atom. The number of aryl methyl sites for hydroxylation is 1. The number of alkyl halides is 3. The topological polar surface area (TPSA) is 111 Å². The molecule has 0 fully saturated rings. The minimum absolute atomic E-state index is 0.0204. The third-order valence-corrected chi connectivity index (χ3v) is 7.60. The van der Waals surface area contributed by atoms with Gasteiger partial charge in [-0.15, -0.1) is 0 Å². The predicted octanol–water partition coefficient (Wildman–Crippen LogP) is 8.69. The fourth-order valence-electron chi connectivity index (χ4n) is 4.95. The van der Waals surface area contributed by atoms with E-state index in [4.69, 9.17) is 4.74 Å². The molecule has 13 heteroatoms. The van der Waals surface area contributed by atoms with E-state index in [0.29, 0.717) is 11.3 Å². The van der Waals surface area contributed by atoms with Crippen molar-refractivity contribution in [1.29, 1.82) is 0 Å². The first-order valence-electron chi connectivity index (χ1n) is 13.4. The Balaban J connectivity index is 1.44. The van der Waals surface area contributed by atoms with Crippen LogP contribution in [0.25, 0.3) is 0 Å². The first kappa shape index (κ1) is 30.1. The number of ether oxygens (including phenoxy) is 1. The summed E-state index contributed by atoms with van der Waals surface area (Å²) in [4.78, 5) is 24.3. The summed E-state index contributed by atoms with van der Waals surface area (Å²) in [5.41, 5.74) is 1.85. The molecule has 2 atom stereocenters. The highest BCUT2D eigenvalue weighted by Gasteiger charge is 2.46. The van der Waals surface area contributed by atoms with Crippen molar-refractivity contribution in [2.45, 2.75) is 51.4 Å². The van der Waals surface area contributed by atoms with Crippen molar-refractivity contribution in [2.75, 3.05) is 10.6 Å². The molecule has 43 heavy (non-hydrogen) atoms. The molecule has 0 bridgehead atoms. The van der Waals surface area contributed by atoms with Crippen LogP contribution in [0.4, 0.5) is 30.4 Å². The number of hydrogen-bond donors (Lipinski definition) is 2. The van der Waals surface area contributed by atoms with Gasteiger partial charge in [0.05, 0.1) is 22.7 Å². The van der Waals surface area contributed by atoms with Crippen molar-refractivity contribution in [3.63, 3.8) is 0 Å². The lowest BCUT2D eigenvalue weighted by Crippen LogP contribution is -2.35. The van der Waals surface area contributed by atoms with E-state index in [1.165, 1.54) is 18.2 Å². The van der Waals surface area contributed by atoms with Crippen molar-refractivity contribution in [3.8, 4) is 11.5 Å². The summed E-state index contributed by atoms with van der Waals surface area (Å²) in [6, 6.07) is 15.0. The maximum Gasteiger partial charge on any atom is 0.410 e. The average molecular weight is 658 g/mol. The molecule has 2 heterocycles. The van der Waals surface area contributed by atoms with Gasteiger partial charge < -0.3 is 15.4 Å². The molecular formula is C30H27BrF3N5O4. The van der Waals surface area contributed by atoms with E-state index in [9.17, 15) is 28.1 Å². The van der Waals surface area contributed by atoms with Crippen LogP contribution in [0.15, 0.2) is 71.2 Å². The summed E-state index contributed by atoms with van der Waals surface area (Å²) in [6.45, 7) is 5.86. The third kappa shape index (κ3) is 6.66. The number of fused-ring (bicyclic) bond motifs is 1. The molecule has 0 aliphatic carbocycles. The number of aromatic nitrogens is 2. The van der Waals surface area contributed by atoms with Crippen LogP contribution in [0.5, 0.6) is 11.5 Å². The quantitative estimate of drug-likeness (QED) is 0.152. The number of non-ortho nitro benzene ring substituents is 1. The van der Waals surface area contributed by atoms with Crippen molar-refractivity contribution in [1.82, 2.24) is 9.78 Å². The maximum atomic E-state index is 14.1. The van der Waals surface area contributed by atoms with Crippen LogP contribution in [-0.4, -0.2) is 26.8 Å². The summed E-state index contributed by atoms with van der Waals surface area (Å²) < 4.78 is 49.9. The Bertz CT molecular complexity index is 1690. The Labute approximate surface area is 253 Å². The standard InChI is InChI=1S/C30H27BrF3N5O4/c1-16(2)23-9-4-17(3)10-26(23)43-22-12-20(11-21(13-22)39(41)42)35-29(40)25-15-28-36-24(18-5-7-19(31)8-6-18)14-27(30(32,33)34)38(28)37-25/h4-13,15-16,24,27,36H,14H2,1-3H3,(H,35,40)/t24-,27-/m1/s1. The predicted molar refractivity (Wildman–Crippen MR) is 159 cm³/mol. The van der Waals surface area contributed by atoms with Crippen LogP contribution >= 0.6 is 15.9 Å². The number of benzene rings is 3. The number of nitrogens with zero attached hydrogens (tertiary/aromatic N) is 3. The Morgan fingerprint density at radius 2 is 1.86 bits per heavy atom. The molecule has 2 N–H and O–H groups in total. The van der Waals surface area contributed by atoms with Crippen molar-refractivity contribution >= 4 is 39.0 Å². The first-order valence-corrected chi connectivity index (χ1v) is 14.2. The van der Waals surface area contributed by atoms with Crippen molar-refractivity contribution < 1.29 is 27.6 Å². The lowest BCUT2D eigenvalue weighted by atomic mass is 9.97. The van der Waals surface area contributed by atoms with Crippen LogP contribution in [0.2, 0.25) is 0 Å². The molecule has 5 rings (SSSR count). The largest absolute Gasteiger partial charge is 0.457 e. The fourth-order valence-corrected chi connectivity index (χ4v) is 5.21. The number of hydrogen-bond acceptors (Lipinski definition) is 6. The molecule has 9 nitrogen and oxygen atoms in total. The number of nitro benzene ring substituents is 1. The maximum absolute atomic E-state index is 14.1. The summed E-state index contributed by atoms with van der Waals surface area (Å²) in [5, 5.41) is 21.2. The second-order valence-electron chi connectivity index (χ2n) is 10.6. The number of amides is 1. The van der Waals surface area contributed by atoms with E-state index in [0.717, 1.165) is 26.3 Å². The summed E-state index contributed by atoms with van der Waals surface area (Å²) in [5.74, 6) is -0.0839. The molecule has 3 aromatic carbocycles. The number of nitrogens with one attached hydrogen (secondary N) is 2. The van der Waals surface area contributed by atoms with Gasteiger partial charge in [-0.2, -0.15) is 18.3 Å². The van der Waals surface area contributed by atoms with Crippen LogP contribution in [0.3, 0.4) is 0 Å². The third-order valence-electron chi connectivity index (χ3n) is 7.07. The summed E-state index contributed by atoms with van der Waals surface area (Å²) in [7, 11) is 0. The van der Waals surface area contributed by atoms with Crippen LogP contribution in [-0.2, 0) is 0 Å². The zero-order chi connectivity index (χ0) is 31.1. The summed E-state index contributed by atoms with van der Waals surface area (Å²) in [6.07, 6.45) is -4.95. The SMILES string of the molecule is Cc1ccc(C(C)C)c(Oc2cc(NC(=O)c3cc4n(n3)[C@@H](C(F)(F)F)C[C@H](c3ccc(Br)cc3)N4)cc([N+](=O)[O-])c2)c1. The average Bonchev–Trinajstić information content (AvgIpc) is 3.36. The van der Waals surface area contributed by atoms with E-state index >= 15 is 0 Å². The van der Waals surface area contributed by atoms with E-state index in [1.807, 2.05) is 39.0 Å². The van der Waals surface area contributed by atoms with Crippen molar-refractivity contribution in [2.24, 2.45) is 0 Å². The first-order chi connectivity index (χ1) is 20.3. The van der Waals surface area contributed by atoms with Gasteiger partial charge in [0, 0.05) is 29.1 Å². The molecule has 0 radical (unpaired) electrons. The molecule has 4 aromatic rings. The summed E-state index contributed by atoms with van der Waals surface area (Å²) >= 11 is 3.33. The lowest BCUT2D eigenvalue weighted by Gasteiger charge is -2.33. The molecule has 1 aromatic heterocycles. The van der Waals surface area contributed by atoms with E-state index in [2.05, 4.69) is 31.7 Å². The molecule has 0 saturated heterocycles. The Kier molecular flexibility index (Phi) is 8.19. The minimum atomic E-state index is -4.62. The second-order valence-corrected chi connectivity index (χ2v) is 11.5. The molecule has 0 saturated carbocycles. The molecule has 1 aliphatic rings. The van der Waals surface area contributed by atoms with Gasteiger partial charge in [0.2, 0.25) is 0 Å². The lowest BCUT2D eigenvalue weighted by molar-refractivity contribution is -0.384. The molecule has 0 spiro atoms. The minimum Gasteiger partial charge on any atom is -0.457 e. The van der Waals surface area contributed by atoms with Gasteiger partial charge in [-0.3, -0.25) is 14.9 Å². The highest BCUT2D eigenvalue weighted by Crippen LogP contribution is 2.44. The van der Waals surface area contributed by atoms with E-state index in [1.54, 1.807) is 24.3 Å². The number of anilines is 2. The van der Waals surface area contributed by atoms with Gasteiger partial charge in [-0.25, -0.2) is 4.68 Å². The number of carbonyl (C=O) groups excluding carboxylic acids is 1. The van der Waals surface area contributed by atoms with Gasteiger partial charge in [-0.05, 0) is 47.7 Å². The smallest absolute Gasteiger partial charge is 0.410 e. The van der Waals surface area contributed by atoms with Crippen molar-refractivity contribution in [3.05, 3.63) is 104 Å². The van der Waals surface area contributed by atoms with Crippen LogP contribution in [0, 0.1) is 17.0 Å². The number of nitro groups is 1. The highest BCUT2D eigenvalue weighted by molar-refractivity contribution is 9.10. The van der Waals surface area contributed by atoms with Crippen LogP contribution < -0.4 is 15.4 Å². The van der Waals surface area contributed by atoms with Gasteiger partial charge >= 0.3 is 6.18 Å². The Morgan fingerprint density at radius 1 is 1.14 bits per heavy atom. The molecule has 224 valence electrons. The normalized spacial score (nSPS) is 16.4. The molecule has 1 amide bonds. The number of rotatable bonds is 7. The van der Waals surface area contributed by atoms with Gasteiger partial charge in [0.1, 0.15) is 17.3 Å². The molecular weight excluding hydrogens is 631 g/mol. The number of carbonyl (C=O) groups is 1. The fraction of sp³-hybridized carbons (Fsp3) is 0.267. The second kappa shape index (κ2) is 11.7. The van der Waals surface area contributed by atoms with E-state index < -0.39 is 29.1 Å². The van der Waals surface area contributed by atoms with Gasteiger partial charge in [0.15, 0.2) is 11.7 Å². The zero-order valence-electron chi connectivity index (χ0n) is 23.3. The highest BCUT2D eigenvalue weighted by atomic mass is 79.9. The van der Waals surface area contributed by atoms with E-state index in [-0.39, 0.29) is 41.0 Å². The zero-order valence-corrected chi connectivity index (χ0v) is 24.9. The van der Waals surface area contributed by atoms with Gasteiger partial charge in [-0.1, -0.05) is 54.0 Å². The van der Waals surface area contributed by atoms with Crippen LogP contribution in [0.1, 0.15) is 65.4 Å². The Hall–Kier alpha value is -4.39. The monoisotopic (exact) mass is 657 g/mol. The molecule has 1 aliphatic heterocycles.